The molecule has 2 fully saturated rings. The Balaban J connectivity index is 1.03. The van der Waals surface area contributed by atoms with Gasteiger partial charge in [-0.05, 0) is 147 Å². The summed E-state index contributed by atoms with van der Waals surface area (Å²) in [5.74, 6) is 4.52. The predicted molar refractivity (Wildman–Crippen MR) is 166 cm³/mol. The maximum Gasteiger partial charge on any atom is 0.416 e. The summed E-state index contributed by atoms with van der Waals surface area (Å²) in [5.41, 5.74) is 3.20. The molecule has 3 nitrogen and oxygen atoms in total. The molecule has 232 valence electrons. The number of aliphatic hydroxyl groups excluding tert-OH is 1. The fourth-order valence-corrected chi connectivity index (χ4v) is 9.53. The van der Waals surface area contributed by atoms with Crippen molar-refractivity contribution in [2.75, 3.05) is 25.9 Å². The SMILES string of the molecule is CN(CCCCC[C@H]1CC2(C)C(O)CCC2C2CCc3cc(O)ccc3C21)CCCSCc1ccc(C(F)(F)F)cc1. The Morgan fingerprint density at radius 3 is 2.50 bits per heavy atom. The molecule has 2 aromatic rings. The van der Waals surface area contributed by atoms with Crippen LogP contribution in [0.3, 0.4) is 0 Å². The summed E-state index contributed by atoms with van der Waals surface area (Å²) < 4.78 is 38.2. The molecule has 2 saturated carbocycles. The van der Waals surface area contributed by atoms with Crippen molar-refractivity contribution >= 4 is 11.8 Å². The van der Waals surface area contributed by atoms with Gasteiger partial charge in [0.2, 0.25) is 0 Å². The number of aryl methyl sites for hydroxylation is 1. The molecule has 7 heteroatoms. The van der Waals surface area contributed by atoms with E-state index in [0.717, 1.165) is 62.3 Å². The van der Waals surface area contributed by atoms with Crippen molar-refractivity contribution < 1.29 is 23.4 Å². The monoisotopic (exact) mass is 603 g/mol. The van der Waals surface area contributed by atoms with Crippen molar-refractivity contribution in [2.45, 2.75) is 95.1 Å². The first-order chi connectivity index (χ1) is 20.1. The number of hydrogen-bond donors (Lipinski definition) is 2. The Morgan fingerprint density at radius 2 is 1.74 bits per heavy atom. The van der Waals surface area contributed by atoms with Crippen molar-refractivity contribution in [3.8, 4) is 5.75 Å². The fraction of sp³-hybridized carbons (Fsp3) is 0.657. The number of alkyl halides is 3. The summed E-state index contributed by atoms with van der Waals surface area (Å²) in [6, 6.07) is 11.6. The molecule has 2 N–H and O–H groups in total. The minimum atomic E-state index is -4.27. The number of thioether (sulfide) groups is 1. The molecule has 42 heavy (non-hydrogen) atoms. The summed E-state index contributed by atoms with van der Waals surface area (Å²) in [6.45, 7) is 4.48. The predicted octanol–water partition coefficient (Wildman–Crippen LogP) is 8.67. The van der Waals surface area contributed by atoms with Crippen LogP contribution in [0.15, 0.2) is 42.5 Å². The lowest BCUT2D eigenvalue weighted by Crippen LogP contribution is -2.47. The van der Waals surface area contributed by atoms with E-state index in [-0.39, 0.29) is 11.5 Å². The molecule has 0 spiro atoms. The van der Waals surface area contributed by atoms with E-state index in [0.29, 0.717) is 29.4 Å². The molecular formula is C35H48F3NO2S. The van der Waals surface area contributed by atoms with Gasteiger partial charge in [-0.25, -0.2) is 0 Å². The molecule has 3 aliphatic rings. The number of phenolic OH excluding ortho intramolecular Hbond substituents is 1. The van der Waals surface area contributed by atoms with Crippen LogP contribution in [0.1, 0.15) is 92.9 Å². The van der Waals surface area contributed by atoms with E-state index in [4.69, 9.17) is 0 Å². The smallest absolute Gasteiger partial charge is 0.416 e. The number of phenols is 1. The molecule has 3 aliphatic carbocycles. The Kier molecular flexibility index (Phi) is 10.2. The minimum Gasteiger partial charge on any atom is -0.508 e. The third-order valence-corrected chi connectivity index (χ3v) is 11.9. The van der Waals surface area contributed by atoms with Gasteiger partial charge in [0.25, 0.3) is 0 Å². The quantitative estimate of drug-likeness (QED) is 0.238. The Hall–Kier alpha value is -1.70. The zero-order valence-electron chi connectivity index (χ0n) is 25.2. The van der Waals surface area contributed by atoms with Crippen molar-refractivity contribution in [1.29, 1.82) is 0 Å². The zero-order valence-corrected chi connectivity index (χ0v) is 26.0. The number of rotatable bonds is 12. The lowest BCUT2D eigenvalue weighted by atomic mass is 9.51. The molecule has 0 radical (unpaired) electrons. The van der Waals surface area contributed by atoms with Gasteiger partial charge in [-0.3, -0.25) is 0 Å². The topological polar surface area (TPSA) is 43.7 Å². The first-order valence-corrected chi connectivity index (χ1v) is 17.1. The molecule has 6 atom stereocenters. The summed E-state index contributed by atoms with van der Waals surface area (Å²) in [7, 11) is 2.18. The number of halogens is 3. The van der Waals surface area contributed by atoms with Gasteiger partial charge in [0, 0.05) is 5.75 Å². The van der Waals surface area contributed by atoms with Gasteiger partial charge in [0.15, 0.2) is 0 Å². The Morgan fingerprint density at radius 1 is 0.976 bits per heavy atom. The number of nitrogens with zero attached hydrogens (tertiary/aromatic N) is 1. The highest BCUT2D eigenvalue weighted by Crippen LogP contribution is 2.63. The van der Waals surface area contributed by atoms with Crippen molar-refractivity contribution in [3.05, 3.63) is 64.7 Å². The molecule has 5 rings (SSSR count). The fourth-order valence-electron chi connectivity index (χ4n) is 8.62. The van der Waals surface area contributed by atoms with Gasteiger partial charge in [-0.15, -0.1) is 0 Å². The van der Waals surface area contributed by atoms with Gasteiger partial charge >= 0.3 is 6.18 Å². The van der Waals surface area contributed by atoms with Crippen LogP contribution < -0.4 is 0 Å². The number of aromatic hydroxyl groups is 1. The highest BCUT2D eigenvalue weighted by molar-refractivity contribution is 7.98. The van der Waals surface area contributed by atoms with E-state index in [2.05, 4.69) is 24.9 Å². The first kappa shape index (κ1) is 31.7. The third-order valence-electron chi connectivity index (χ3n) is 10.8. The lowest BCUT2D eigenvalue weighted by molar-refractivity contribution is -0.137. The third kappa shape index (κ3) is 7.15. The first-order valence-electron chi connectivity index (χ1n) is 16.0. The normalized spacial score (nSPS) is 28.9. The molecule has 0 aliphatic heterocycles. The van der Waals surface area contributed by atoms with Crippen LogP contribution in [-0.4, -0.2) is 47.1 Å². The number of benzene rings is 2. The van der Waals surface area contributed by atoms with Gasteiger partial charge in [-0.1, -0.05) is 38.0 Å². The lowest BCUT2D eigenvalue weighted by Gasteiger charge is -2.54. The van der Waals surface area contributed by atoms with Gasteiger partial charge < -0.3 is 15.1 Å². The van der Waals surface area contributed by atoms with Gasteiger partial charge in [0.1, 0.15) is 5.75 Å². The average Bonchev–Trinajstić information content (AvgIpc) is 3.25. The second-order valence-corrected chi connectivity index (χ2v) is 14.6. The van der Waals surface area contributed by atoms with Crippen molar-refractivity contribution in [1.82, 2.24) is 4.90 Å². The zero-order chi connectivity index (χ0) is 29.9. The second kappa shape index (κ2) is 13.5. The minimum absolute atomic E-state index is 0.0466. The molecular weight excluding hydrogens is 555 g/mol. The molecule has 5 unspecified atom stereocenters. The molecule has 0 heterocycles. The van der Waals surface area contributed by atoms with E-state index in [1.165, 1.54) is 55.4 Å². The largest absolute Gasteiger partial charge is 0.508 e. The summed E-state index contributed by atoms with van der Waals surface area (Å²) >= 11 is 1.78. The van der Waals surface area contributed by atoms with E-state index in [1.807, 2.05) is 12.1 Å². The number of unbranched alkanes of at least 4 members (excludes halogenated alkanes) is 2. The second-order valence-electron chi connectivity index (χ2n) is 13.5. The van der Waals surface area contributed by atoms with Crippen LogP contribution in [0.4, 0.5) is 13.2 Å². The number of fused-ring (bicyclic) bond motifs is 5. The van der Waals surface area contributed by atoms with Crippen LogP contribution >= 0.6 is 11.8 Å². The number of aliphatic hydroxyl groups is 1. The van der Waals surface area contributed by atoms with Gasteiger partial charge in [-0.2, -0.15) is 24.9 Å². The van der Waals surface area contributed by atoms with Crippen LogP contribution in [0.25, 0.3) is 0 Å². The highest BCUT2D eigenvalue weighted by atomic mass is 32.2. The summed E-state index contributed by atoms with van der Waals surface area (Å²) in [4.78, 5) is 2.40. The molecule has 2 aromatic carbocycles. The highest BCUT2D eigenvalue weighted by Gasteiger charge is 2.57. The van der Waals surface area contributed by atoms with Crippen LogP contribution in [0, 0.1) is 23.2 Å². The average molecular weight is 604 g/mol. The number of hydrogen-bond acceptors (Lipinski definition) is 4. The van der Waals surface area contributed by atoms with E-state index >= 15 is 0 Å². The molecule has 0 saturated heterocycles. The molecule has 0 aromatic heterocycles. The molecule has 0 bridgehead atoms. The summed E-state index contributed by atoms with van der Waals surface area (Å²) in [5, 5.41) is 21.1. The van der Waals surface area contributed by atoms with E-state index in [1.54, 1.807) is 23.9 Å². The Bertz CT molecular complexity index is 1170. The van der Waals surface area contributed by atoms with Gasteiger partial charge in [0.05, 0.1) is 11.7 Å². The van der Waals surface area contributed by atoms with E-state index in [9.17, 15) is 23.4 Å². The maximum absolute atomic E-state index is 12.7. The molecule has 0 amide bonds. The van der Waals surface area contributed by atoms with Crippen LogP contribution in [0.2, 0.25) is 0 Å². The van der Waals surface area contributed by atoms with Crippen LogP contribution in [-0.2, 0) is 18.3 Å². The van der Waals surface area contributed by atoms with E-state index < -0.39 is 11.7 Å². The maximum atomic E-state index is 12.7. The van der Waals surface area contributed by atoms with Crippen molar-refractivity contribution in [2.24, 2.45) is 23.2 Å². The summed E-state index contributed by atoms with van der Waals surface area (Å²) in [6.07, 6.45) is 6.88. The van der Waals surface area contributed by atoms with Crippen molar-refractivity contribution in [3.63, 3.8) is 0 Å². The standard InChI is InChI=1S/C35H48F3NO2S/c1-34-22-26(33-29-15-13-28(40)21-25(29)10-14-30(33)31(34)16-17-32(34)41)7-4-3-5-18-39(2)19-6-20-42-23-24-8-11-27(12-9-24)35(36,37)38/h8-9,11-13,15,21,26,30-33,40-41H,3-7,10,14,16-20,22-23H2,1-2H3/t26-,30?,31?,32?,33?,34?/m0/s1. The Labute approximate surface area is 254 Å². The van der Waals surface area contributed by atoms with Crippen LogP contribution in [0.5, 0.6) is 5.75 Å².